The van der Waals surface area contributed by atoms with E-state index in [0.717, 1.165) is 33.1 Å². The van der Waals surface area contributed by atoms with Crippen molar-refractivity contribution in [1.29, 1.82) is 0 Å². The van der Waals surface area contributed by atoms with E-state index in [1.54, 1.807) is 0 Å². The van der Waals surface area contributed by atoms with Crippen LogP contribution in [-0.2, 0) is 24.2 Å². The molecule has 0 aliphatic carbocycles. The van der Waals surface area contributed by atoms with Crippen molar-refractivity contribution < 1.29 is 13.6 Å². The van der Waals surface area contributed by atoms with Gasteiger partial charge in [0.05, 0.1) is 12.2 Å². The van der Waals surface area contributed by atoms with Crippen molar-refractivity contribution in [2.75, 3.05) is 6.54 Å². The number of amides is 1. The summed E-state index contributed by atoms with van der Waals surface area (Å²) in [6.45, 7) is 1.11. The molecule has 0 radical (unpaired) electrons. The maximum Gasteiger partial charge on any atom is 0.223 e. The summed E-state index contributed by atoms with van der Waals surface area (Å²) in [4.78, 5) is 23.5. The zero-order valence-corrected chi connectivity index (χ0v) is 16.9. The molecule has 5 rings (SSSR count). The van der Waals surface area contributed by atoms with Crippen molar-refractivity contribution in [2.24, 2.45) is 0 Å². The average molecular weight is 423 g/mol. The number of nitrogens with one attached hydrogen (secondary N) is 1. The van der Waals surface area contributed by atoms with Crippen LogP contribution in [0.2, 0.25) is 0 Å². The number of carbonyl (C=O) groups excluding carboxylic acids is 1. The Morgan fingerprint density at radius 1 is 1.17 bits per heavy atom. The van der Waals surface area contributed by atoms with Crippen LogP contribution in [0.25, 0.3) is 21.5 Å². The number of nitrogens with zero attached hydrogens (tertiary/aromatic N) is 2. The molecule has 30 heavy (non-hydrogen) atoms. The van der Waals surface area contributed by atoms with Crippen LogP contribution in [-0.4, -0.2) is 27.3 Å². The standard InChI is InChI=1S/C23H19F2N3OS/c24-16-9-15(10-17(25)11-16)23-27-20-7-8-28(13-21(20)30-23)22(29)6-5-14-12-26-19-4-2-1-3-18(14)19/h1-4,9-12,26H,5-8,13H2. The summed E-state index contributed by atoms with van der Waals surface area (Å²) < 4.78 is 27.1. The number of H-pyrrole nitrogens is 1. The Kier molecular flexibility index (Phi) is 4.83. The van der Waals surface area contributed by atoms with Gasteiger partial charge in [-0.3, -0.25) is 4.79 Å². The number of para-hydroxylation sites is 1. The normalized spacial score (nSPS) is 13.6. The van der Waals surface area contributed by atoms with Gasteiger partial charge in [0.1, 0.15) is 16.6 Å². The van der Waals surface area contributed by atoms with Crippen molar-refractivity contribution in [2.45, 2.75) is 25.8 Å². The molecule has 0 saturated heterocycles. The summed E-state index contributed by atoms with van der Waals surface area (Å²) >= 11 is 1.40. The number of hydrogen-bond acceptors (Lipinski definition) is 3. The van der Waals surface area contributed by atoms with Crippen LogP contribution in [0, 0.1) is 11.6 Å². The van der Waals surface area contributed by atoms with E-state index in [0.29, 0.717) is 42.9 Å². The number of hydrogen-bond donors (Lipinski definition) is 1. The molecule has 0 unspecified atom stereocenters. The smallest absolute Gasteiger partial charge is 0.223 e. The Bertz CT molecular complexity index is 1230. The minimum atomic E-state index is -0.618. The van der Waals surface area contributed by atoms with Gasteiger partial charge in [-0.2, -0.15) is 0 Å². The molecule has 1 amide bonds. The number of rotatable bonds is 4. The van der Waals surface area contributed by atoms with E-state index in [9.17, 15) is 13.6 Å². The largest absolute Gasteiger partial charge is 0.361 e. The molecule has 0 spiro atoms. The van der Waals surface area contributed by atoms with E-state index < -0.39 is 11.6 Å². The molecule has 4 aromatic rings. The number of thiazole rings is 1. The molecule has 152 valence electrons. The van der Waals surface area contributed by atoms with Gasteiger partial charge in [-0.25, -0.2) is 13.8 Å². The van der Waals surface area contributed by atoms with Crippen molar-refractivity contribution in [3.05, 3.63) is 76.4 Å². The predicted octanol–water partition coefficient (Wildman–Crippen LogP) is 5.09. The number of aromatic amines is 1. The van der Waals surface area contributed by atoms with Gasteiger partial charge in [0, 0.05) is 53.0 Å². The molecular formula is C23H19F2N3OS. The Morgan fingerprint density at radius 2 is 1.97 bits per heavy atom. The minimum Gasteiger partial charge on any atom is -0.361 e. The topological polar surface area (TPSA) is 49.0 Å². The van der Waals surface area contributed by atoms with Gasteiger partial charge in [-0.1, -0.05) is 18.2 Å². The number of halogens is 2. The SMILES string of the molecule is O=C(CCc1c[nH]c2ccccc12)N1CCc2nc(-c3cc(F)cc(F)c3)sc2C1. The molecule has 7 heteroatoms. The van der Waals surface area contributed by atoms with E-state index in [-0.39, 0.29) is 5.91 Å². The van der Waals surface area contributed by atoms with Crippen molar-refractivity contribution >= 4 is 28.1 Å². The molecule has 3 heterocycles. The molecule has 1 aliphatic heterocycles. The highest BCUT2D eigenvalue weighted by atomic mass is 32.1. The maximum absolute atomic E-state index is 13.5. The lowest BCUT2D eigenvalue weighted by atomic mass is 10.1. The monoisotopic (exact) mass is 423 g/mol. The molecule has 0 saturated carbocycles. The first-order chi connectivity index (χ1) is 14.6. The summed E-state index contributed by atoms with van der Waals surface area (Å²) in [6.07, 6.45) is 3.75. The molecular weight excluding hydrogens is 404 g/mol. The fourth-order valence-electron chi connectivity index (χ4n) is 3.95. The molecule has 2 aromatic carbocycles. The summed E-state index contributed by atoms with van der Waals surface area (Å²) in [5.41, 5.74) is 3.57. The summed E-state index contributed by atoms with van der Waals surface area (Å²) in [5, 5.41) is 1.74. The summed E-state index contributed by atoms with van der Waals surface area (Å²) in [7, 11) is 0. The molecule has 0 fully saturated rings. The van der Waals surface area contributed by atoms with Crippen LogP contribution < -0.4 is 0 Å². The van der Waals surface area contributed by atoms with E-state index in [1.807, 2.05) is 29.3 Å². The second kappa shape index (κ2) is 7.65. The maximum atomic E-state index is 13.5. The van der Waals surface area contributed by atoms with E-state index in [4.69, 9.17) is 0 Å². The third-order valence-corrected chi connectivity index (χ3v) is 6.61. The van der Waals surface area contributed by atoms with Crippen LogP contribution in [0.15, 0.2) is 48.7 Å². The van der Waals surface area contributed by atoms with Crippen molar-refractivity contribution in [3.8, 4) is 10.6 Å². The Balaban J connectivity index is 1.28. The van der Waals surface area contributed by atoms with E-state index in [1.165, 1.54) is 23.5 Å². The lowest BCUT2D eigenvalue weighted by Crippen LogP contribution is -2.35. The lowest BCUT2D eigenvalue weighted by Gasteiger charge is -2.26. The first kappa shape index (κ1) is 18.9. The molecule has 1 aliphatic rings. The summed E-state index contributed by atoms with van der Waals surface area (Å²) in [6, 6.07) is 11.5. The number of fused-ring (bicyclic) bond motifs is 2. The molecule has 1 N–H and O–H groups in total. The fraction of sp³-hybridized carbons (Fsp3) is 0.217. The fourth-order valence-corrected chi connectivity index (χ4v) is 5.06. The van der Waals surface area contributed by atoms with Gasteiger partial charge < -0.3 is 9.88 Å². The number of aryl methyl sites for hydroxylation is 1. The third-order valence-electron chi connectivity index (χ3n) is 5.48. The van der Waals surface area contributed by atoms with Gasteiger partial charge in [0.25, 0.3) is 0 Å². The van der Waals surface area contributed by atoms with Crippen LogP contribution in [0.1, 0.15) is 22.6 Å². The first-order valence-electron chi connectivity index (χ1n) is 9.84. The average Bonchev–Trinajstić information content (AvgIpc) is 3.35. The van der Waals surface area contributed by atoms with Crippen molar-refractivity contribution in [3.63, 3.8) is 0 Å². The molecule has 4 nitrogen and oxygen atoms in total. The zero-order valence-electron chi connectivity index (χ0n) is 16.1. The van der Waals surface area contributed by atoms with Gasteiger partial charge in [0.15, 0.2) is 0 Å². The minimum absolute atomic E-state index is 0.109. The molecule has 0 bridgehead atoms. The lowest BCUT2D eigenvalue weighted by molar-refractivity contribution is -0.132. The van der Waals surface area contributed by atoms with Crippen LogP contribution >= 0.6 is 11.3 Å². The quantitative estimate of drug-likeness (QED) is 0.497. The number of benzene rings is 2. The van der Waals surface area contributed by atoms with E-state index in [2.05, 4.69) is 16.0 Å². The van der Waals surface area contributed by atoms with Gasteiger partial charge in [-0.15, -0.1) is 11.3 Å². The molecule has 2 aromatic heterocycles. The highest BCUT2D eigenvalue weighted by molar-refractivity contribution is 7.15. The number of carbonyl (C=O) groups is 1. The second-order valence-electron chi connectivity index (χ2n) is 7.47. The Hall–Kier alpha value is -3.06. The van der Waals surface area contributed by atoms with Gasteiger partial charge in [-0.05, 0) is 30.2 Å². The Morgan fingerprint density at radius 3 is 2.80 bits per heavy atom. The zero-order chi connectivity index (χ0) is 20.7. The predicted molar refractivity (Wildman–Crippen MR) is 113 cm³/mol. The van der Waals surface area contributed by atoms with Gasteiger partial charge in [0.2, 0.25) is 5.91 Å². The Labute approximate surface area is 176 Å². The highest BCUT2D eigenvalue weighted by Gasteiger charge is 2.24. The molecule has 0 atom stereocenters. The second-order valence-corrected chi connectivity index (χ2v) is 8.56. The van der Waals surface area contributed by atoms with Crippen molar-refractivity contribution in [1.82, 2.24) is 14.9 Å². The third kappa shape index (κ3) is 3.61. The number of aromatic nitrogens is 2. The highest BCUT2D eigenvalue weighted by Crippen LogP contribution is 2.32. The first-order valence-corrected chi connectivity index (χ1v) is 10.7. The van der Waals surface area contributed by atoms with Crippen LogP contribution in [0.3, 0.4) is 0 Å². The summed E-state index contributed by atoms with van der Waals surface area (Å²) in [5.74, 6) is -1.13. The van der Waals surface area contributed by atoms with E-state index >= 15 is 0 Å². The van der Waals surface area contributed by atoms with Crippen LogP contribution in [0.5, 0.6) is 0 Å². The van der Waals surface area contributed by atoms with Crippen LogP contribution in [0.4, 0.5) is 8.78 Å². The van der Waals surface area contributed by atoms with Gasteiger partial charge >= 0.3 is 0 Å².